The zero-order valence-corrected chi connectivity index (χ0v) is 10.4. The molecule has 0 fully saturated rings. The molecule has 2 heteroatoms. The molecule has 2 N–H and O–H groups in total. The van der Waals surface area contributed by atoms with Crippen LogP contribution in [0.4, 0.5) is 0 Å². The van der Waals surface area contributed by atoms with Gasteiger partial charge in [-0.25, -0.2) is 0 Å². The Balaban J connectivity index is 2.44. The van der Waals surface area contributed by atoms with E-state index in [-0.39, 0.29) is 6.04 Å². The van der Waals surface area contributed by atoms with E-state index in [2.05, 4.69) is 30.2 Å². The molecule has 0 spiro atoms. The maximum atomic E-state index is 6.16. The highest BCUT2D eigenvalue weighted by molar-refractivity contribution is 5.15. The number of nitrogens with two attached hydrogens (primary N) is 1. The summed E-state index contributed by atoms with van der Waals surface area (Å²) in [5.74, 6) is 0. The molecule has 0 saturated heterocycles. The Labute approximate surface area is 104 Å². The Kier molecular flexibility index (Phi) is 6.30. The first-order valence-electron chi connectivity index (χ1n) is 6.00. The van der Waals surface area contributed by atoms with Crippen molar-refractivity contribution in [3.05, 3.63) is 61.2 Å². The maximum absolute atomic E-state index is 6.16. The summed E-state index contributed by atoms with van der Waals surface area (Å²) in [5.41, 5.74) is 7.45. The smallest absolute Gasteiger partial charge is 0.0208 e. The van der Waals surface area contributed by atoms with Gasteiger partial charge in [0.05, 0.1) is 0 Å². The van der Waals surface area contributed by atoms with Crippen molar-refractivity contribution in [2.24, 2.45) is 5.73 Å². The molecule has 1 atom stereocenters. The van der Waals surface area contributed by atoms with Crippen molar-refractivity contribution in [3.8, 4) is 0 Å². The lowest BCUT2D eigenvalue weighted by Crippen LogP contribution is -2.39. The van der Waals surface area contributed by atoms with E-state index in [0.29, 0.717) is 0 Å². The van der Waals surface area contributed by atoms with Crippen molar-refractivity contribution in [2.75, 3.05) is 19.6 Å². The first-order chi connectivity index (χ1) is 8.26. The van der Waals surface area contributed by atoms with Gasteiger partial charge < -0.3 is 5.73 Å². The standard InChI is InChI=1S/C15H22N2/c1-3-10-17(11-4-2)13-15(16)12-14-8-6-5-7-9-14/h3-9,15H,1-2,10-13,16H2/t15-/m1/s1. The molecule has 0 radical (unpaired) electrons. The first-order valence-corrected chi connectivity index (χ1v) is 6.00. The van der Waals surface area contributed by atoms with E-state index in [0.717, 1.165) is 26.1 Å². The summed E-state index contributed by atoms with van der Waals surface area (Å²) in [4.78, 5) is 2.24. The Morgan fingerprint density at radius 1 is 1.12 bits per heavy atom. The quantitative estimate of drug-likeness (QED) is 0.694. The Morgan fingerprint density at radius 3 is 2.24 bits per heavy atom. The fourth-order valence-electron chi connectivity index (χ4n) is 1.90. The normalized spacial score (nSPS) is 12.4. The predicted molar refractivity (Wildman–Crippen MR) is 75.0 cm³/mol. The number of hydrogen-bond donors (Lipinski definition) is 1. The molecule has 0 saturated carbocycles. The molecule has 92 valence electrons. The summed E-state index contributed by atoms with van der Waals surface area (Å²) in [6, 6.07) is 10.5. The minimum absolute atomic E-state index is 0.150. The summed E-state index contributed by atoms with van der Waals surface area (Å²) in [6.45, 7) is 10.1. The Hall–Kier alpha value is -1.38. The van der Waals surface area contributed by atoms with Crippen molar-refractivity contribution in [1.82, 2.24) is 4.90 Å². The maximum Gasteiger partial charge on any atom is 0.0208 e. The molecule has 0 aliphatic heterocycles. The van der Waals surface area contributed by atoms with E-state index in [4.69, 9.17) is 5.73 Å². The molecule has 0 bridgehead atoms. The van der Waals surface area contributed by atoms with Crippen molar-refractivity contribution >= 4 is 0 Å². The third kappa shape index (κ3) is 5.48. The topological polar surface area (TPSA) is 29.3 Å². The molecule has 2 nitrogen and oxygen atoms in total. The van der Waals surface area contributed by atoms with Gasteiger partial charge in [0, 0.05) is 25.7 Å². The zero-order valence-electron chi connectivity index (χ0n) is 10.4. The van der Waals surface area contributed by atoms with Gasteiger partial charge in [0.15, 0.2) is 0 Å². The monoisotopic (exact) mass is 230 g/mol. The average Bonchev–Trinajstić information content (AvgIpc) is 2.30. The number of rotatable bonds is 8. The van der Waals surface area contributed by atoms with E-state index in [1.807, 2.05) is 30.4 Å². The van der Waals surface area contributed by atoms with Gasteiger partial charge in [-0.05, 0) is 12.0 Å². The summed E-state index contributed by atoms with van der Waals surface area (Å²) < 4.78 is 0. The van der Waals surface area contributed by atoms with Crippen molar-refractivity contribution < 1.29 is 0 Å². The minimum Gasteiger partial charge on any atom is -0.326 e. The van der Waals surface area contributed by atoms with E-state index >= 15 is 0 Å². The third-order valence-corrected chi connectivity index (χ3v) is 2.61. The summed E-state index contributed by atoms with van der Waals surface area (Å²) >= 11 is 0. The number of benzene rings is 1. The molecule has 0 amide bonds. The Morgan fingerprint density at radius 2 is 1.71 bits per heavy atom. The zero-order chi connectivity index (χ0) is 12.5. The second-order valence-electron chi connectivity index (χ2n) is 4.25. The van der Waals surface area contributed by atoms with E-state index in [1.54, 1.807) is 0 Å². The van der Waals surface area contributed by atoms with Crippen molar-refractivity contribution in [1.29, 1.82) is 0 Å². The van der Waals surface area contributed by atoms with Crippen LogP contribution in [-0.4, -0.2) is 30.6 Å². The highest BCUT2D eigenvalue weighted by Gasteiger charge is 2.08. The van der Waals surface area contributed by atoms with Crippen LogP contribution in [0.25, 0.3) is 0 Å². The molecule has 17 heavy (non-hydrogen) atoms. The van der Waals surface area contributed by atoms with E-state index in [1.165, 1.54) is 5.56 Å². The van der Waals surface area contributed by atoms with Gasteiger partial charge in [-0.3, -0.25) is 4.90 Å². The largest absolute Gasteiger partial charge is 0.326 e. The summed E-state index contributed by atoms with van der Waals surface area (Å²) in [7, 11) is 0. The SMILES string of the molecule is C=CCN(CC=C)C[C@H](N)Cc1ccccc1. The van der Waals surface area contributed by atoms with Crippen LogP contribution in [0.1, 0.15) is 5.56 Å². The van der Waals surface area contributed by atoms with Gasteiger partial charge >= 0.3 is 0 Å². The van der Waals surface area contributed by atoms with Gasteiger partial charge in [0.2, 0.25) is 0 Å². The van der Waals surface area contributed by atoms with E-state index in [9.17, 15) is 0 Å². The Bertz CT molecular complexity index is 322. The van der Waals surface area contributed by atoms with E-state index < -0.39 is 0 Å². The number of hydrogen-bond acceptors (Lipinski definition) is 2. The fourth-order valence-corrected chi connectivity index (χ4v) is 1.90. The summed E-state index contributed by atoms with van der Waals surface area (Å²) in [6.07, 6.45) is 4.71. The third-order valence-electron chi connectivity index (χ3n) is 2.61. The first kappa shape index (κ1) is 13.7. The minimum atomic E-state index is 0.150. The molecule has 1 aromatic carbocycles. The molecular weight excluding hydrogens is 208 g/mol. The molecule has 0 aliphatic rings. The van der Waals surface area contributed by atoms with Gasteiger partial charge in [0.25, 0.3) is 0 Å². The van der Waals surface area contributed by atoms with Crippen LogP contribution in [0.5, 0.6) is 0 Å². The second kappa shape index (κ2) is 7.82. The van der Waals surface area contributed by atoms with Crippen LogP contribution in [0.2, 0.25) is 0 Å². The molecule has 0 heterocycles. The average molecular weight is 230 g/mol. The van der Waals surface area contributed by atoms with Gasteiger partial charge in [-0.1, -0.05) is 42.5 Å². The van der Waals surface area contributed by atoms with Gasteiger partial charge in [-0.15, -0.1) is 13.2 Å². The highest BCUT2D eigenvalue weighted by Crippen LogP contribution is 2.03. The second-order valence-corrected chi connectivity index (χ2v) is 4.25. The van der Waals surface area contributed by atoms with Gasteiger partial charge in [-0.2, -0.15) is 0 Å². The van der Waals surface area contributed by atoms with Gasteiger partial charge in [0.1, 0.15) is 0 Å². The molecule has 1 aromatic rings. The lowest BCUT2D eigenvalue weighted by molar-refractivity contribution is 0.310. The van der Waals surface area contributed by atoms with Crippen LogP contribution in [0.15, 0.2) is 55.6 Å². The molecule has 0 unspecified atom stereocenters. The number of nitrogens with zero attached hydrogens (tertiary/aromatic N) is 1. The molecular formula is C15H22N2. The lowest BCUT2D eigenvalue weighted by Gasteiger charge is -2.23. The highest BCUT2D eigenvalue weighted by atomic mass is 15.1. The van der Waals surface area contributed by atoms with Crippen LogP contribution in [-0.2, 0) is 6.42 Å². The van der Waals surface area contributed by atoms with Crippen molar-refractivity contribution in [2.45, 2.75) is 12.5 Å². The summed E-state index contributed by atoms with van der Waals surface area (Å²) in [5, 5.41) is 0. The van der Waals surface area contributed by atoms with Crippen molar-refractivity contribution in [3.63, 3.8) is 0 Å². The molecule has 1 rings (SSSR count). The van der Waals surface area contributed by atoms with Crippen LogP contribution >= 0.6 is 0 Å². The lowest BCUT2D eigenvalue weighted by atomic mass is 10.1. The molecule has 0 aliphatic carbocycles. The fraction of sp³-hybridized carbons (Fsp3) is 0.333. The molecule has 0 aromatic heterocycles. The van der Waals surface area contributed by atoms with Crippen LogP contribution in [0.3, 0.4) is 0 Å². The predicted octanol–water partition coefficient (Wildman–Crippen LogP) is 2.23. The van der Waals surface area contributed by atoms with Crippen LogP contribution < -0.4 is 5.73 Å². The van der Waals surface area contributed by atoms with Crippen LogP contribution in [0, 0.1) is 0 Å².